The summed E-state index contributed by atoms with van der Waals surface area (Å²) in [5.41, 5.74) is 0.569. The molecule has 2 rings (SSSR count). The number of hydrogen-bond acceptors (Lipinski definition) is 4. The minimum absolute atomic E-state index is 0.220. The van der Waals surface area contributed by atoms with Gasteiger partial charge in [-0.05, 0) is 45.8 Å². The maximum atomic E-state index is 9.00. The second-order valence-corrected chi connectivity index (χ2v) is 5.00. The van der Waals surface area contributed by atoms with Crippen LogP contribution in [0.4, 0.5) is 0 Å². The smallest absolute Gasteiger partial charge is 0.155 e. The second-order valence-electron chi connectivity index (χ2n) is 5.00. The van der Waals surface area contributed by atoms with E-state index in [4.69, 9.17) is 10.00 Å². The average Bonchev–Trinajstić information content (AvgIpc) is 2.40. The lowest BCUT2D eigenvalue weighted by molar-refractivity contribution is 0.110. The molecule has 0 N–H and O–H groups in total. The van der Waals surface area contributed by atoms with Gasteiger partial charge in [0.05, 0.1) is 17.9 Å². The van der Waals surface area contributed by atoms with Crippen LogP contribution in [-0.2, 0) is 0 Å². The molecule has 18 heavy (non-hydrogen) atoms. The molecule has 96 valence electrons. The highest BCUT2D eigenvalue weighted by Gasteiger charge is 2.24. The number of nitriles is 1. The maximum absolute atomic E-state index is 9.00. The second kappa shape index (κ2) is 5.83. The molecule has 1 heterocycles. The van der Waals surface area contributed by atoms with Gasteiger partial charge in [0.25, 0.3) is 0 Å². The molecule has 0 spiro atoms. The zero-order valence-electron chi connectivity index (χ0n) is 11.0. The third-order valence-corrected chi connectivity index (χ3v) is 3.57. The summed E-state index contributed by atoms with van der Waals surface area (Å²) >= 11 is 0. The van der Waals surface area contributed by atoms with Gasteiger partial charge in [-0.25, -0.2) is 0 Å². The summed E-state index contributed by atoms with van der Waals surface area (Å²) in [5, 5.41) is 9.00. The highest BCUT2D eigenvalue weighted by molar-refractivity contribution is 5.40. The Morgan fingerprint density at radius 1 is 1.33 bits per heavy atom. The summed E-state index contributed by atoms with van der Waals surface area (Å²) in [7, 11) is 4.25. The molecule has 0 atom stereocenters. The first-order valence-electron chi connectivity index (χ1n) is 6.38. The Morgan fingerprint density at radius 3 is 2.67 bits per heavy atom. The van der Waals surface area contributed by atoms with E-state index in [1.807, 2.05) is 0 Å². The molecule has 1 aromatic rings. The quantitative estimate of drug-likeness (QED) is 0.819. The van der Waals surface area contributed by atoms with Crippen LogP contribution in [0.2, 0.25) is 0 Å². The van der Waals surface area contributed by atoms with Crippen LogP contribution in [0.3, 0.4) is 0 Å². The van der Waals surface area contributed by atoms with Crippen molar-refractivity contribution in [3.63, 3.8) is 0 Å². The van der Waals surface area contributed by atoms with Crippen molar-refractivity contribution < 1.29 is 4.74 Å². The first-order valence-corrected chi connectivity index (χ1v) is 6.38. The molecule has 0 bridgehead atoms. The van der Waals surface area contributed by atoms with E-state index in [1.165, 1.54) is 0 Å². The van der Waals surface area contributed by atoms with Crippen molar-refractivity contribution in [3.05, 3.63) is 24.0 Å². The highest BCUT2D eigenvalue weighted by atomic mass is 16.5. The molecule has 1 saturated carbocycles. The van der Waals surface area contributed by atoms with E-state index in [0.29, 0.717) is 17.4 Å². The van der Waals surface area contributed by atoms with Crippen LogP contribution in [0.25, 0.3) is 0 Å². The van der Waals surface area contributed by atoms with Gasteiger partial charge < -0.3 is 9.64 Å². The minimum Gasteiger partial charge on any atom is -0.487 e. The summed E-state index contributed by atoms with van der Waals surface area (Å²) in [6.45, 7) is 0. The summed E-state index contributed by atoms with van der Waals surface area (Å²) in [5.74, 6) is 0.619. The number of rotatable bonds is 3. The predicted octanol–water partition coefficient (Wildman–Crippen LogP) is 2.20. The standard InChI is InChI=1S/C14H19N3O/c1-17(2)12-3-5-13(6-4-12)18-14-10-16-8-7-11(14)9-15/h7-8,10,12-13H,3-6H2,1-2H3. The van der Waals surface area contributed by atoms with Crippen LogP contribution in [0.15, 0.2) is 18.5 Å². The molecule has 0 aliphatic heterocycles. The van der Waals surface area contributed by atoms with Gasteiger partial charge in [0.15, 0.2) is 5.75 Å². The molecular formula is C14H19N3O. The maximum Gasteiger partial charge on any atom is 0.155 e. The van der Waals surface area contributed by atoms with Crippen LogP contribution < -0.4 is 4.74 Å². The van der Waals surface area contributed by atoms with E-state index in [0.717, 1.165) is 25.7 Å². The number of hydrogen-bond donors (Lipinski definition) is 0. The van der Waals surface area contributed by atoms with E-state index in [9.17, 15) is 0 Å². The molecule has 0 radical (unpaired) electrons. The van der Waals surface area contributed by atoms with Crippen molar-refractivity contribution in [2.45, 2.75) is 37.8 Å². The summed E-state index contributed by atoms with van der Waals surface area (Å²) in [6, 6.07) is 4.50. The lowest BCUT2D eigenvalue weighted by Gasteiger charge is -2.32. The molecule has 0 saturated heterocycles. The highest BCUT2D eigenvalue weighted by Crippen LogP contribution is 2.26. The van der Waals surface area contributed by atoms with Crippen molar-refractivity contribution in [1.29, 1.82) is 5.26 Å². The minimum atomic E-state index is 0.220. The van der Waals surface area contributed by atoms with Gasteiger partial charge in [0.2, 0.25) is 0 Å². The summed E-state index contributed by atoms with van der Waals surface area (Å²) < 4.78 is 5.90. The van der Waals surface area contributed by atoms with E-state index >= 15 is 0 Å². The zero-order chi connectivity index (χ0) is 13.0. The zero-order valence-corrected chi connectivity index (χ0v) is 11.0. The molecular weight excluding hydrogens is 226 g/mol. The van der Waals surface area contributed by atoms with Crippen molar-refractivity contribution in [3.8, 4) is 11.8 Å². The van der Waals surface area contributed by atoms with Crippen molar-refractivity contribution in [2.75, 3.05) is 14.1 Å². The molecule has 1 aliphatic carbocycles. The van der Waals surface area contributed by atoms with Gasteiger partial charge in [-0.1, -0.05) is 0 Å². The number of aromatic nitrogens is 1. The molecule has 0 amide bonds. The van der Waals surface area contributed by atoms with E-state index in [2.05, 4.69) is 30.0 Å². The van der Waals surface area contributed by atoms with Crippen LogP contribution >= 0.6 is 0 Å². The van der Waals surface area contributed by atoms with Gasteiger partial charge in [-0.3, -0.25) is 4.98 Å². The molecule has 0 unspecified atom stereocenters. The molecule has 1 aliphatic rings. The summed E-state index contributed by atoms with van der Waals surface area (Å²) in [4.78, 5) is 6.30. The van der Waals surface area contributed by atoms with Crippen LogP contribution in [0.5, 0.6) is 5.75 Å². The van der Waals surface area contributed by atoms with Gasteiger partial charge in [0, 0.05) is 12.2 Å². The molecule has 4 nitrogen and oxygen atoms in total. The number of pyridine rings is 1. The summed E-state index contributed by atoms with van der Waals surface area (Å²) in [6.07, 6.45) is 7.87. The topological polar surface area (TPSA) is 49.1 Å². The molecule has 0 aromatic carbocycles. The van der Waals surface area contributed by atoms with Crippen molar-refractivity contribution in [2.24, 2.45) is 0 Å². The largest absolute Gasteiger partial charge is 0.487 e. The third kappa shape index (κ3) is 2.99. The monoisotopic (exact) mass is 245 g/mol. The lowest BCUT2D eigenvalue weighted by atomic mass is 9.92. The Bertz CT molecular complexity index is 431. The van der Waals surface area contributed by atoms with Crippen LogP contribution in [-0.4, -0.2) is 36.1 Å². The average molecular weight is 245 g/mol. The Balaban J connectivity index is 1.94. The predicted molar refractivity (Wildman–Crippen MR) is 69.3 cm³/mol. The lowest BCUT2D eigenvalue weighted by Crippen LogP contribution is -2.35. The van der Waals surface area contributed by atoms with Crippen molar-refractivity contribution in [1.82, 2.24) is 9.88 Å². The van der Waals surface area contributed by atoms with Gasteiger partial charge >= 0.3 is 0 Å². The Morgan fingerprint density at radius 2 is 2.06 bits per heavy atom. The Kier molecular flexibility index (Phi) is 4.16. The SMILES string of the molecule is CN(C)C1CCC(Oc2cnccc2C#N)CC1. The van der Waals surface area contributed by atoms with Crippen LogP contribution in [0.1, 0.15) is 31.2 Å². The van der Waals surface area contributed by atoms with Gasteiger partial charge in [-0.15, -0.1) is 0 Å². The fourth-order valence-corrected chi connectivity index (χ4v) is 2.43. The third-order valence-electron chi connectivity index (χ3n) is 3.57. The van der Waals surface area contributed by atoms with Gasteiger partial charge in [0.1, 0.15) is 6.07 Å². The number of nitrogens with zero attached hydrogens (tertiary/aromatic N) is 3. The van der Waals surface area contributed by atoms with E-state index in [1.54, 1.807) is 18.5 Å². The van der Waals surface area contributed by atoms with Gasteiger partial charge in [-0.2, -0.15) is 5.26 Å². The molecule has 1 fully saturated rings. The van der Waals surface area contributed by atoms with Crippen LogP contribution in [0, 0.1) is 11.3 Å². The number of ether oxygens (including phenoxy) is 1. The van der Waals surface area contributed by atoms with Crippen molar-refractivity contribution >= 4 is 0 Å². The first-order chi connectivity index (χ1) is 8.70. The van der Waals surface area contributed by atoms with E-state index < -0.39 is 0 Å². The fourth-order valence-electron chi connectivity index (χ4n) is 2.43. The Hall–Kier alpha value is -1.60. The first kappa shape index (κ1) is 12.8. The Labute approximate surface area is 108 Å². The molecule has 4 heteroatoms. The molecule has 1 aromatic heterocycles. The fraction of sp³-hybridized carbons (Fsp3) is 0.571. The normalized spacial score (nSPS) is 23.7. The van der Waals surface area contributed by atoms with E-state index in [-0.39, 0.29) is 6.10 Å².